The standard InChI is InChI=1S/C16H22N2O3/c1-11-6-7-18(12(2)8-11)16(21)17-10-13-4-3-5-14(9-13)15(19)20/h3-5,9,11-12H,6-8,10H2,1-2H3,(H,17,21)(H,19,20). The van der Waals surface area contributed by atoms with Gasteiger partial charge in [0.25, 0.3) is 0 Å². The lowest BCUT2D eigenvalue weighted by atomic mass is 9.94. The van der Waals surface area contributed by atoms with Crippen LogP contribution in [0.4, 0.5) is 4.79 Å². The molecular formula is C16H22N2O3. The second-order valence-electron chi connectivity index (χ2n) is 5.84. The number of nitrogens with zero attached hydrogens (tertiary/aromatic N) is 1. The van der Waals surface area contributed by atoms with E-state index in [0.717, 1.165) is 24.9 Å². The van der Waals surface area contributed by atoms with E-state index < -0.39 is 5.97 Å². The highest BCUT2D eigenvalue weighted by molar-refractivity contribution is 5.87. The van der Waals surface area contributed by atoms with E-state index in [4.69, 9.17) is 5.11 Å². The zero-order chi connectivity index (χ0) is 15.4. The third-order valence-corrected chi connectivity index (χ3v) is 4.02. The van der Waals surface area contributed by atoms with Crippen LogP contribution in [-0.4, -0.2) is 34.6 Å². The van der Waals surface area contributed by atoms with Crippen molar-refractivity contribution in [3.05, 3.63) is 35.4 Å². The van der Waals surface area contributed by atoms with E-state index in [2.05, 4.69) is 19.2 Å². The molecule has 5 heteroatoms. The molecule has 2 amide bonds. The Balaban J connectivity index is 1.92. The van der Waals surface area contributed by atoms with Crippen LogP contribution in [0.1, 0.15) is 42.6 Å². The molecule has 0 radical (unpaired) electrons. The molecule has 0 aliphatic carbocycles. The van der Waals surface area contributed by atoms with E-state index in [1.54, 1.807) is 18.2 Å². The highest BCUT2D eigenvalue weighted by atomic mass is 16.4. The van der Waals surface area contributed by atoms with E-state index in [-0.39, 0.29) is 17.6 Å². The quantitative estimate of drug-likeness (QED) is 0.899. The van der Waals surface area contributed by atoms with Crippen molar-refractivity contribution < 1.29 is 14.7 Å². The zero-order valence-corrected chi connectivity index (χ0v) is 12.5. The number of likely N-dealkylation sites (tertiary alicyclic amines) is 1. The molecule has 0 spiro atoms. The molecule has 1 heterocycles. The number of hydrogen-bond donors (Lipinski definition) is 2. The predicted molar refractivity (Wildman–Crippen MR) is 80.2 cm³/mol. The summed E-state index contributed by atoms with van der Waals surface area (Å²) in [5, 5.41) is 11.8. The van der Waals surface area contributed by atoms with Crippen molar-refractivity contribution in [2.45, 2.75) is 39.3 Å². The van der Waals surface area contributed by atoms with Gasteiger partial charge in [-0.3, -0.25) is 0 Å². The number of carbonyl (C=O) groups is 2. The van der Waals surface area contributed by atoms with Crippen molar-refractivity contribution >= 4 is 12.0 Å². The van der Waals surface area contributed by atoms with Crippen molar-refractivity contribution in [1.82, 2.24) is 10.2 Å². The molecule has 0 bridgehead atoms. The fourth-order valence-corrected chi connectivity index (χ4v) is 2.80. The molecule has 2 unspecified atom stereocenters. The first-order valence-corrected chi connectivity index (χ1v) is 7.34. The van der Waals surface area contributed by atoms with Gasteiger partial charge in [0.15, 0.2) is 0 Å². The lowest BCUT2D eigenvalue weighted by Crippen LogP contribution is -2.48. The topological polar surface area (TPSA) is 69.6 Å². The molecule has 1 fully saturated rings. The van der Waals surface area contributed by atoms with Crippen molar-refractivity contribution in [1.29, 1.82) is 0 Å². The molecule has 0 saturated carbocycles. The number of hydrogen-bond acceptors (Lipinski definition) is 2. The summed E-state index contributed by atoms with van der Waals surface area (Å²) in [7, 11) is 0. The molecule has 114 valence electrons. The molecule has 2 N–H and O–H groups in total. The highest BCUT2D eigenvalue weighted by Crippen LogP contribution is 2.22. The van der Waals surface area contributed by atoms with Crippen LogP contribution in [0.15, 0.2) is 24.3 Å². The second kappa shape index (κ2) is 6.61. The van der Waals surface area contributed by atoms with Gasteiger partial charge in [-0.15, -0.1) is 0 Å². The fraction of sp³-hybridized carbons (Fsp3) is 0.500. The average Bonchev–Trinajstić information content (AvgIpc) is 2.45. The Bertz CT molecular complexity index is 530. The van der Waals surface area contributed by atoms with E-state index in [0.29, 0.717) is 12.5 Å². The minimum atomic E-state index is -0.957. The van der Waals surface area contributed by atoms with Crippen molar-refractivity contribution in [3.63, 3.8) is 0 Å². The molecule has 1 aromatic rings. The molecule has 1 saturated heterocycles. The summed E-state index contributed by atoms with van der Waals surface area (Å²) in [6, 6.07) is 6.81. The Hall–Kier alpha value is -2.04. The predicted octanol–water partition coefficient (Wildman–Crippen LogP) is 2.71. The molecular weight excluding hydrogens is 268 g/mol. The van der Waals surface area contributed by atoms with Crippen LogP contribution >= 0.6 is 0 Å². The minimum absolute atomic E-state index is 0.0740. The number of carbonyl (C=O) groups excluding carboxylic acids is 1. The summed E-state index contributed by atoms with van der Waals surface area (Å²) in [4.78, 5) is 25.0. The third-order valence-electron chi connectivity index (χ3n) is 4.02. The van der Waals surface area contributed by atoms with Gasteiger partial charge >= 0.3 is 12.0 Å². The van der Waals surface area contributed by atoms with Gasteiger partial charge in [-0.2, -0.15) is 0 Å². The van der Waals surface area contributed by atoms with Gasteiger partial charge < -0.3 is 15.3 Å². The molecule has 2 rings (SSSR count). The monoisotopic (exact) mass is 290 g/mol. The molecule has 21 heavy (non-hydrogen) atoms. The Morgan fingerprint density at radius 1 is 1.38 bits per heavy atom. The maximum Gasteiger partial charge on any atom is 0.335 e. The normalized spacial score (nSPS) is 21.9. The van der Waals surface area contributed by atoms with Gasteiger partial charge in [-0.25, -0.2) is 9.59 Å². The molecule has 1 aromatic carbocycles. The van der Waals surface area contributed by atoms with Crippen LogP contribution in [0.25, 0.3) is 0 Å². The second-order valence-corrected chi connectivity index (χ2v) is 5.84. The summed E-state index contributed by atoms with van der Waals surface area (Å²) >= 11 is 0. The SMILES string of the molecule is CC1CCN(C(=O)NCc2cccc(C(=O)O)c2)C(C)C1. The van der Waals surface area contributed by atoms with Gasteiger partial charge in [0.1, 0.15) is 0 Å². The van der Waals surface area contributed by atoms with E-state index >= 15 is 0 Å². The van der Waals surface area contributed by atoms with E-state index in [1.807, 2.05) is 11.0 Å². The Labute approximate surface area is 125 Å². The van der Waals surface area contributed by atoms with Crippen LogP contribution in [0.5, 0.6) is 0 Å². The Morgan fingerprint density at radius 2 is 2.14 bits per heavy atom. The maximum absolute atomic E-state index is 12.2. The first kappa shape index (κ1) is 15.4. The van der Waals surface area contributed by atoms with Crippen LogP contribution in [-0.2, 0) is 6.54 Å². The van der Waals surface area contributed by atoms with E-state index in [9.17, 15) is 9.59 Å². The van der Waals surface area contributed by atoms with Crippen LogP contribution < -0.4 is 5.32 Å². The Morgan fingerprint density at radius 3 is 2.81 bits per heavy atom. The summed E-state index contributed by atoms with van der Waals surface area (Å²) < 4.78 is 0. The lowest BCUT2D eigenvalue weighted by Gasteiger charge is -2.36. The molecule has 1 aliphatic heterocycles. The summed E-state index contributed by atoms with van der Waals surface area (Å²) in [6.07, 6.45) is 2.06. The van der Waals surface area contributed by atoms with Gasteiger partial charge in [0.05, 0.1) is 5.56 Å². The number of carboxylic acid groups (broad SMARTS) is 1. The number of nitrogens with one attached hydrogen (secondary N) is 1. The third kappa shape index (κ3) is 3.97. The van der Waals surface area contributed by atoms with Gasteiger partial charge in [-0.1, -0.05) is 19.1 Å². The van der Waals surface area contributed by atoms with Crippen LogP contribution in [0, 0.1) is 5.92 Å². The fourth-order valence-electron chi connectivity index (χ4n) is 2.80. The first-order valence-electron chi connectivity index (χ1n) is 7.34. The molecule has 1 aliphatic rings. The minimum Gasteiger partial charge on any atom is -0.478 e. The Kier molecular flexibility index (Phi) is 4.83. The van der Waals surface area contributed by atoms with Crippen molar-refractivity contribution in [2.24, 2.45) is 5.92 Å². The molecule has 2 atom stereocenters. The van der Waals surface area contributed by atoms with Gasteiger partial charge in [-0.05, 0) is 43.4 Å². The average molecular weight is 290 g/mol. The van der Waals surface area contributed by atoms with Crippen LogP contribution in [0.2, 0.25) is 0 Å². The smallest absolute Gasteiger partial charge is 0.335 e. The van der Waals surface area contributed by atoms with Crippen molar-refractivity contribution in [3.8, 4) is 0 Å². The summed E-state index contributed by atoms with van der Waals surface area (Å²) in [5.74, 6) is -0.293. The summed E-state index contributed by atoms with van der Waals surface area (Å²) in [5.41, 5.74) is 1.03. The number of piperidine rings is 1. The zero-order valence-electron chi connectivity index (χ0n) is 12.5. The maximum atomic E-state index is 12.2. The molecule has 5 nitrogen and oxygen atoms in total. The highest BCUT2D eigenvalue weighted by Gasteiger charge is 2.26. The largest absolute Gasteiger partial charge is 0.478 e. The number of carboxylic acids is 1. The molecule has 0 aromatic heterocycles. The lowest BCUT2D eigenvalue weighted by molar-refractivity contribution is 0.0696. The van der Waals surface area contributed by atoms with Gasteiger partial charge in [0.2, 0.25) is 0 Å². The van der Waals surface area contributed by atoms with E-state index in [1.165, 1.54) is 0 Å². The van der Waals surface area contributed by atoms with Crippen LogP contribution in [0.3, 0.4) is 0 Å². The number of amides is 2. The van der Waals surface area contributed by atoms with Gasteiger partial charge in [0, 0.05) is 19.1 Å². The number of aromatic carboxylic acids is 1. The summed E-state index contributed by atoms with van der Waals surface area (Å²) in [6.45, 7) is 5.41. The first-order chi connectivity index (χ1) is 9.97. The number of benzene rings is 1. The van der Waals surface area contributed by atoms with Crippen molar-refractivity contribution in [2.75, 3.05) is 6.54 Å². The number of urea groups is 1. The number of rotatable bonds is 3.